The van der Waals surface area contributed by atoms with Crippen LogP contribution in [0.1, 0.15) is 24.8 Å². The third-order valence-electron chi connectivity index (χ3n) is 2.78. The predicted octanol–water partition coefficient (Wildman–Crippen LogP) is 2.91. The second kappa shape index (κ2) is 5.96. The summed E-state index contributed by atoms with van der Waals surface area (Å²) in [5, 5.41) is 9.26. The highest BCUT2D eigenvalue weighted by Gasteiger charge is 2.17. The van der Waals surface area contributed by atoms with Crippen LogP contribution in [0.5, 0.6) is 11.5 Å². The maximum absolute atomic E-state index is 10.5. The molecule has 0 saturated carbocycles. The van der Waals surface area contributed by atoms with E-state index in [4.69, 9.17) is 26.2 Å². The van der Waals surface area contributed by atoms with Crippen molar-refractivity contribution in [1.29, 1.82) is 0 Å². The van der Waals surface area contributed by atoms with Gasteiger partial charge in [-0.3, -0.25) is 4.79 Å². The molecule has 1 aromatic carbocycles. The Labute approximate surface area is 110 Å². The average Bonchev–Trinajstić information content (AvgIpc) is 2.57. The average molecular weight is 271 g/mol. The van der Waals surface area contributed by atoms with Crippen molar-refractivity contribution in [3.05, 3.63) is 22.7 Å². The Morgan fingerprint density at radius 1 is 1.33 bits per heavy atom. The largest absolute Gasteiger partial charge is 0.490 e. The van der Waals surface area contributed by atoms with Gasteiger partial charge in [0.2, 0.25) is 0 Å². The molecule has 0 bridgehead atoms. The maximum Gasteiger partial charge on any atom is 0.303 e. The maximum atomic E-state index is 10.5. The van der Waals surface area contributed by atoms with E-state index in [1.165, 1.54) is 0 Å². The van der Waals surface area contributed by atoms with Gasteiger partial charge in [0.1, 0.15) is 0 Å². The molecule has 2 rings (SSSR count). The minimum atomic E-state index is -0.801. The van der Waals surface area contributed by atoms with Gasteiger partial charge in [0.15, 0.2) is 11.5 Å². The Bertz CT molecular complexity index is 445. The number of carboxylic acids is 1. The van der Waals surface area contributed by atoms with Crippen molar-refractivity contribution in [3.63, 3.8) is 0 Å². The van der Waals surface area contributed by atoms with Crippen LogP contribution < -0.4 is 9.47 Å². The van der Waals surface area contributed by atoms with Gasteiger partial charge in [0, 0.05) is 23.4 Å². The van der Waals surface area contributed by atoms with Gasteiger partial charge < -0.3 is 14.6 Å². The predicted molar refractivity (Wildman–Crippen MR) is 67.6 cm³/mol. The minimum absolute atomic E-state index is 0.126. The zero-order chi connectivity index (χ0) is 13.0. The molecule has 0 radical (unpaired) electrons. The summed E-state index contributed by atoms with van der Waals surface area (Å²) in [4.78, 5) is 10.5. The van der Waals surface area contributed by atoms with E-state index in [-0.39, 0.29) is 6.42 Å². The van der Waals surface area contributed by atoms with Crippen molar-refractivity contribution < 1.29 is 19.4 Å². The molecular formula is C13H15ClO4. The van der Waals surface area contributed by atoms with Gasteiger partial charge in [0.25, 0.3) is 0 Å². The number of aliphatic carboxylic acids is 1. The van der Waals surface area contributed by atoms with Crippen molar-refractivity contribution in [2.24, 2.45) is 0 Å². The number of halogens is 1. The molecule has 5 heteroatoms. The van der Waals surface area contributed by atoms with Gasteiger partial charge in [-0.1, -0.05) is 11.6 Å². The highest BCUT2D eigenvalue weighted by atomic mass is 35.5. The summed E-state index contributed by atoms with van der Waals surface area (Å²) < 4.78 is 11.2. The number of fused-ring (bicyclic) bond motifs is 1. The molecule has 0 fully saturated rings. The van der Waals surface area contributed by atoms with Crippen molar-refractivity contribution in [1.82, 2.24) is 0 Å². The van der Waals surface area contributed by atoms with Crippen LogP contribution in [0.15, 0.2) is 12.1 Å². The Balaban J connectivity index is 2.19. The van der Waals surface area contributed by atoms with Crippen LogP contribution in [0.4, 0.5) is 0 Å². The normalized spacial score (nSPS) is 14.1. The van der Waals surface area contributed by atoms with Crippen LogP contribution >= 0.6 is 11.6 Å². The lowest BCUT2D eigenvalue weighted by molar-refractivity contribution is -0.137. The highest BCUT2D eigenvalue weighted by Crippen LogP contribution is 2.38. The zero-order valence-corrected chi connectivity index (χ0v) is 10.7. The molecule has 98 valence electrons. The molecule has 18 heavy (non-hydrogen) atoms. The topological polar surface area (TPSA) is 55.8 Å². The second-order valence-corrected chi connectivity index (χ2v) is 4.56. The lowest BCUT2D eigenvalue weighted by Gasteiger charge is -2.13. The van der Waals surface area contributed by atoms with Crippen LogP contribution in [0.2, 0.25) is 5.02 Å². The Kier molecular flexibility index (Phi) is 4.31. The third-order valence-corrected chi connectivity index (χ3v) is 3.13. The van der Waals surface area contributed by atoms with Gasteiger partial charge >= 0.3 is 5.97 Å². The van der Waals surface area contributed by atoms with Crippen LogP contribution in [-0.4, -0.2) is 24.3 Å². The molecule has 1 aliphatic rings. The Morgan fingerprint density at radius 2 is 2.11 bits per heavy atom. The lowest BCUT2D eigenvalue weighted by Crippen LogP contribution is -2.01. The summed E-state index contributed by atoms with van der Waals surface area (Å²) in [7, 11) is 0. The lowest BCUT2D eigenvalue weighted by atomic mass is 10.1. The summed E-state index contributed by atoms with van der Waals surface area (Å²) >= 11 is 6.15. The Hall–Kier alpha value is -1.42. The monoisotopic (exact) mass is 270 g/mol. The molecule has 4 nitrogen and oxygen atoms in total. The fraction of sp³-hybridized carbons (Fsp3) is 0.462. The second-order valence-electron chi connectivity index (χ2n) is 4.15. The molecule has 0 aliphatic carbocycles. The van der Waals surface area contributed by atoms with E-state index in [1.54, 1.807) is 12.1 Å². The van der Waals surface area contributed by atoms with E-state index >= 15 is 0 Å². The summed E-state index contributed by atoms with van der Waals surface area (Å²) in [5.74, 6) is 0.568. The number of hydrogen-bond acceptors (Lipinski definition) is 3. The van der Waals surface area contributed by atoms with Crippen molar-refractivity contribution >= 4 is 17.6 Å². The van der Waals surface area contributed by atoms with Gasteiger partial charge in [-0.2, -0.15) is 0 Å². The van der Waals surface area contributed by atoms with Crippen LogP contribution in [0.3, 0.4) is 0 Å². The summed E-state index contributed by atoms with van der Waals surface area (Å²) in [6.45, 7) is 1.22. The number of rotatable bonds is 4. The molecule has 0 amide bonds. The van der Waals surface area contributed by atoms with Crippen LogP contribution in [0.25, 0.3) is 0 Å². The molecule has 1 heterocycles. The molecule has 0 aromatic heterocycles. The molecule has 0 unspecified atom stereocenters. The zero-order valence-electron chi connectivity index (χ0n) is 9.95. The number of benzene rings is 1. The SMILES string of the molecule is O=C(O)CCCc1c(Cl)ccc2c1OCCCO2. The van der Waals surface area contributed by atoms with E-state index in [0.717, 1.165) is 12.0 Å². The quantitative estimate of drug-likeness (QED) is 0.914. The van der Waals surface area contributed by atoms with E-state index in [0.29, 0.717) is 42.6 Å². The first kappa shape index (κ1) is 13.0. The molecule has 1 aliphatic heterocycles. The fourth-order valence-electron chi connectivity index (χ4n) is 1.92. The van der Waals surface area contributed by atoms with Gasteiger partial charge in [-0.05, 0) is 25.0 Å². The van der Waals surface area contributed by atoms with E-state index in [1.807, 2.05) is 0 Å². The fourth-order valence-corrected chi connectivity index (χ4v) is 2.16. The van der Waals surface area contributed by atoms with Crippen molar-refractivity contribution in [3.8, 4) is 11.5 Å². The van der Waals surface area contributed by atoms with E-state index in [9.17, 15) is 4.79 Å². The summed E-state index contributed by atoms with van der Waals surface area (Å²) in [6, 6.07) is 3.56. The number of hydrogen-bond donors (Lipinski definition) is 1. The van der Waals surface area contributed by atoms with Gasteiger partial charge in [0.05, 0.1) is 13.2 Å². The number of carbonyl (C=O) groups is 1. The number of carboxylic acid groups (broad SMARTS) is 1. The van der Waals surface area contributed by atoms with Crippen molar-refractivity contribution in [2.45, 2.75) is 25.7 Å². The first-order valence-corrected chi connectivity index (χ1v) is 6.35. The molecular weight excluding hydrogens is 256 g/mol. The standard InChI is InChI=1S/C13H15ClO4/c14-10-5-6-11-13(18-8-2-7-17-11)9(10)3-1-4-12(15)16/h5-6H,1-4,7-8H2,(H,15,16). The molecule has 1 aromatic rings. The smallest absolute Gasteiger partial charge is 0.303 e. The summed E-state index contributed by atoms with van der Waals surface area (Å²) in [6.07, 6.45) is 2.08. The first-order valence-electron chi connectivity index (χ1n) is 5.97. The highest BCUT2D eigenvalue weighted by molar-refractivity contribution is 6.31. The molecule has 0 spiro atoms. The first-order chi connectivity index (χ1) is 8.68. The number of ether oxygens (including phenoxy) is 2. The molecule has 1 N–H and O–H groups in total. The summed E-state index contributed by atoms with van der Waals surface area (Å²) in [5.41, 5.74) is 0.845. The third kappa shape index (κ3) is 3.07. The van der Waals surface area contributed by atoms with Gasteiger partial charge in [-0.25, -0.2) is 0 Å². The van der Waals surface area contributed by atoms with Crippen molar-refractivity contribution in [2.75, 3.05) is 13.2 Å². The van der Waals surface area contributed by atoms with Crippen LogP contribution in [-0.2, 0) is 11.2 Å². The van der Waals surface area contributed by atoms with E-state index < -0.39 is 5.97 Å². The van der Waals surface area contributed by atoms with Crippen LogP contribution in [0, 0.1) is 0 Å². The Morgan fingerprint density at radius 3 is 2.89 bits per heavy atom. The minimum Gasteiger partial charge on any atom is -0.490 e. The van der Waals surface area contributed by atoms with Gasteiger partial charge in [-0.15, -0.1) is 0 Å². The van der Waals surface area contributed by atoms with E-state index in [2.05, 4.69) is 0 Å². The molecule has 0 saturated heterocycles. The molecule has 0 atom stereocenters.